The number of fused-ring (bicyclic) bond motifs is 2. The van der Waals surface area contributed by atoms with Gasteiger partial charge in [0.25, 0.3) is 11.8 Å². The molecular formula is C24H20N4O3S. The lowest BCUT2D eigenvalue weighted by atomic mass is 10.1. The van der Waals surface area contributed by atoms with Crippen molar-refractivity contribution in [1.82, 2.24) is 10.3 Å². The molecule has 0 fully saturated rings. The number of benzene rings is 2. The average Bonchev–Trinajstić information content (AvgIpc) is 3.47. The number of hydrogen-bond donors (Lipinski definition) is 3. The minimum absolute atomic E-state index is 0.268. The summed E-state index contributed by atoms with van der Waals surface area (Å²) in [5.41, 5.74) is 3.20. The van der Waals surface area contributed by atoms with E-state index in [0.717, 1.165) is 33.5 Å². The predicted octanol–water partition coefficient (Wildman–Crippen LogP) is 4.59. The molecule has 0 saturated heterocycles. The van der Waals surface area contributed by atoms with E-state index >= 15 is 0 Å². The normalized spacial score (nSPS) is 12.2. The second kappa shape index (κ2) is 8.32. The molecule has 2 amide bonds. The summed E-state index contributed by atoms with van der Waals surface area (Å²) >= 11 is 1.51. The molecule has 3 heterocycles. The number of ether oxygens (including phenoxy) is 1. The van der Waals surface area contributed by atoms with E-state index in [1.54, 1.807) is 13.1 Å². The van der Waals surface area contributed by atoms with E-state index in [-0.39, 0.29) is 11.8 Å². The second-order valence-corrected chi connectivity index (χ2v) is 8.23. The number of carbonyl (C=O) groups excluding carboxylic acids is 2. The molecule has 4 aromatic rings. The van der Waals surface area contributed by atoms with Crippen molar-refractivity contribution in [1.29, 1.82) is 0 Å². The Morgan fingerprint density at radius 3 is 2.81 bits per heavy atom. The molecule has 0 spiro atoms. The third-order valence-corrected chi connectivity index (χ3v) is 6.28. The summed E-state index contributed by atoms with van der Waals surface area (Å²) in [4.78, 5) is 29.7. The van der Waals surface area contributed by atoms with Gasteiger partial charge in [-0.25, -0.2) is 4.98 Å². The third kappa shape index (κ3) is 3.65. The molecule has 7 nitrogen and oxygen atoms in total. The molecule has 1 aliphatic rings. The average molecular weight is 445 g/mol. The number of anilines is 3. The van der Waals surface area contributed by atoms with E-state index in [4.69, 9.17) is 4.74 Å². The molecule has 3 N–H and O–H groups in total. The van der Waals surface area contributed by atoms with Gasteiger partial charge in [0.2, 0.25) is 0 Å². The summed E-state index contributed by atoms with van der Waals surface area (Å²) in [7, 11) is 1.55. The van der Waals surface area contributed by atoms with Gasteiger partial charge in [0, 0.05) is 35.1 Å². The Bertz CT molecular complexity index is 1350. The highest BCUT2D eigenvalue weighted by Gasteiger charge is 2.20. The fourth-order valence-corrected chi connectivity index (χ4v) is 4.65. The smallest absolute Gasteiger partial charge is 0.257 e. The number of hydrogen-bond acceptors (Lipinski definition) is 6. The molecule has 2 aromatic carbocycles. The van der Waals surface area contributed by atoms with Crippen molar-refractivity contribution in [2.75, 3.05) is 24.3 Å². The van der Waals surface area contributed by atoms with E-state index in [9.17, 15) is 9.59 Å². The van der Waals surface area contributed by atoms with Gasteiger partial charge in [0.1, 0.15) is 5.75 Å². The number of nitrogens with zero attached hydrogens (tertiary/aromatic N) is 1. The third-order valence-electron chi connectivity index (χ3n) is 5.32. The molecule has 8 heteroatoms. The molecule has 1 aliphatic heterocycles. The first-order chi connectivity index (χ1) is 15.6. The number of carbonyl (C=O) groups is 2. The molecule has 0 bridgehead atoms. The van der Waals surface area contributed by atoms with Crippen molar-refractivity contribution in [3.05, 3.63) is 76.8 Å². The van der Waals surface area contributed by atoms with Gasteiger partial charge >= 0.3 is 0 Å². The number of pyridine rings is 1. The topological polar surface area (TPSA) is 92.3 Å². The van der Waals surface area contributed by atoms with Crippen LogP contribution in [-0.4, -0.2) is 30.5 Å². The first kappa shape index (κ1) is 20.0. The monoisotopic (exact) mass is 444 g/mol. The molecule has 160 valence electrons. The van der Waals surface area contributed by atoms with E-state index in [2.05, 4.69) is 20.9 Å². The Hall–Kier alpha value is -3.91. The number of amides is 2. The largest absolute Gasteiger partial charge is 0.491 e. The van der Waals surface area contributed by atoms with Crippen LogP contribution in [0.3, 0.4) is 0 Å². The van der Waals surface area contributed by atoms with Crippen LogP contribution in [0.4, 0.5) is 17.2 Å². The molecule has 0 radical (unpaired) electrons. The van der Waals surface area contributed by atoms with Gasteiger partial charge in [-0.3, -0.25) is 9.59 Å². The zero-order chi connectivity index (χ0) is 22.1. The van der Waals surface area contributed by atoms with Crippen molar-refractivity contribution in [3.8, 4) is 5.75 Å². The number of nitrogens with one attached hydrogen (secondary N) is 3. The zero-order valence-electron chi connectivity index (χ0n) is 17.3. The second-order valence-electron chi connectivity index (χ2n) is 7.32. The lowest BCUT2D eigenvalue weighted by molar-refractivity contribution is 0.0961. The molecule has 0 atom stereocenters. The fraction of sp³-hybridized carbons (Fsp3) is 0.125. The standard InChI is InChI=1S/C24H20N4O3S/c1-25-23(29)15-11-19(28-24(30)17-13-32-20-8-3-2-6-16(17)20)22(26-12-15)27-18-7-4-5-14-9-10-31-21(14)18/h2-8,11-13H,9-10H2,1H3,(H,25,29)(H,26,27)(H,28,30). The maximum atomic E-state index is 13.1. The van der Waals surface area contributed by atoms with Crippen LogP contribution in [0.15, 0.2) is 60.1 Å². The Morgan fingerprint density at radius 1 is 1.06 bits per heavy atom. The number of para-hydroxylation sites is 1. The van der Waals surface area contributed by atoms with Crippen molar-refractivity contribution >= 4 is 50.4 Å². The van der Waals surface area contributed by atoms with E-state index in [1.807, 2.05) is 47.8 Å². The molecule has 0 unspecified atom stereocenters. The van der Waals surface area contributed by atoms with Crippen LogP contribution in [-0.2, 0) is 6.42 Å². The van der Waals surface area contributed by atoms with Gasteiger partial charge in [-0.05, 0) is 23.8 Å². The Balaban J connectivity index is 1.51. The maximum absolute atomic E-state index is 13.1. The lowest BCUT2D eigenvalue weighted by Crippen LogP contribution is -2.19. The van der Waals surface area contributed by atoms with Crippen molar-refractivity contribution in [2.24, 2.45) is 0 Å². The maximum Gasteiger partial charge on any atom is 0.257 e. The number of thiophene rings is 1. The van der Waals surface area contributed by atoms with Gasteiger partial charge in [-0.15, -0.1) is 11.3 Å². The van der Waals surface area contributed by atoms with Gasteiger partial charge < -0.3 is 20.7 Å². The first-order valence-corrected chi connectivity index (χ1v) is 11.0. The van der Waals surface area contributed by atoms with Gasteiger partial charge in [-0.2, -0.15) is 0 Å². The zero-order valence-corrected chi connectivity index (χ0v) is 18.1. The first-order valence-electron chi connectivity index (χ1n) is 10.2. The highest BCUT2D eigenvalue weighted by Crippen LogP contribution is 2.37. The van der Waals surface area contributed by atoms with E-state index in [1.165, 1.54) is 17.5 Å². The molecular weight excluding hydrogens is 424 g/mol. The van der Waals surface area contributed by atoms with E-state index in [0.29, 0.717) is 29.2 Å². The Kier molecular flexibility index (Phi) is 5.20. The Morgan fingerprint density at radius 2 is 1.94 bits per heavy atom. The van der Waals surface area contributed by atoms with Crippen LogP contribution < -0.4 is 20.7 Å². The van der Waals surface area contributed by atoms with E-state index < -0.39 is 0 Å². The summed E-state index contributed by atoms with van der Waals surface area (Å²) in [5, 5.41) is 11.5. The van der Waals surface area contributed by atoms with Gasteiger partial charge in [-0.1, -0.05) is 30.3 Å². The van der Waals surface area contributed by atoms with Crippen LogP contribution in [0.5, 0.6) is 5.75 Å². The molecule has 5 rings (SSSR count). The highest BCUT2D eigenvalue weighted by molar-refractivity contribution is 7.17. The van der Waals surface area contributed by atoms with Crippen molar-refractivity contribution < 1.29 is 14.3 Å². The summed E-state index contributed by atoms with van der Waals surface area (Å²) in [6.45, 7) is 0.631. The molecule has 0 aliphatic carbocycles. The lowest BCUT2D eigenvalue weighted by Gasteiger charge is -2.15. The minimum atomic E-state index is -0.288. The number of rotatable bonds is 5. The van der Waals surface area contributed by atoms with Crippen LogP contribution in [0.1, 0.15) is 26.3 Å². The van der Waals surface area contributed by atoms with Crippen molar-refractivity contribution in [2.45, 2.75) is 6.42 Å². The highest BCUT2D eigenvalue weighted by atomic mass is 32.1. The molecule has 32 heavy (non-hydrogen) atoms. The quantitative estimate of drug-likeness (QED) is 0.419. The van der Waals surface area contributed by atoms with Gasteiger partial charge in [0.05, 0.1) is 29.1 Å². The summed E-state index contributed by atoms with van der Waals surface area (Å²) < 4.78 is 6.80. The summed E-state index contributed by atoms with van der Waals surface area (Å²) in [5.74, 6) is 0.653. The Labute approximate surface area is 188 Å². The fourth-order valence-electron chi connectivity index (χ4n) is 3.71. The van der Waals surface area contributed by atoms with Crippen molar-refractivity contribution in [3.63, 3.8) is 0 Å². The molecule has 2 aromatic heterocycles. The van der Waals surface area contributed by atoms with Crippen LogP contribution in [0.2, 0.25) is 0 Å². The predicted molar refractivity (Wildman–Crippen MR) is 126 cm³/mol. The van der Waals surface area contributed by atoms with Gasteiger partial charge in [0.15, 0.2) is 5.82 Å². The summed E-state index contributed by atoms with van der Waals surface area (Å²) in [6, 6.07) is 15.2. The SMILES string of the molecule is CNC(=O)c1cnc(Nc2cccc3c2OCC3)c(NC(=O)c2csc3ccccc23)c1. The number of aromatic nitrogens is 1. The van der Waals surface area contributed by atoms with Crippen LogP contribution in [0.25, 0.3) is 10.1 Å². The van der Waals surface area contributed by atoms with Crippen LogP contribution in [0, 0.1) is 0 Å². The minimum Gasteiger partial charge on any atom is -0.491 e. The summed E-state index contributed by atoms with van der Waals surface area (Å²) in [6.07, 6.45) is 2.32. The molecule has 0 saturated carbocycles. The van der Waals surface area contributed by atoms with Crippen LogP contribution >= 0.6 is 11.3 Å².